The van der Waals surface area contributed by atoms with Crippen molar-refractivity contribution >= 4 is 16.5 Å². The summed E-state index contributed by atoms with van der Waals surface area (Å²) in [4.78, 5) is 0. The normalized spacial score (nSPS) is 12.4. The maximum atomic E-state index is 3.63. The van der Waals surface area contributed by atoms with Gasteiger partial charge in [0.1, 0.15) is 0 Å². The van der Waals surface area contributed by atoms with Crippen LogP contribution in [0.1, 0.15) is 27.8 Å². The van der Waals surface area contributed by atoms with E-state index in [1.807, 2.05) is 0 Å². The van der Waals surface area contributed by atoms with Crippen molar-refractivity contribution in [1.29, 1.82) is 0 Å². The molecule has 5 rings (SSSR count). The smallest absolute Gasteiger partial charge is 0.0425 e. The SMILES string of the molecule is Cc1ccc2c(c1)CNc1cc(C)c(-c3c(C)ccc4ccc(C)cc34)cc1-2. The lowest BCUT2D eigenvalue weighted by molar-refractivity contribution is 1.12. The minimum Gasteiger partial charge on any atom is -0.380 e. The summed E-state index contributed by atoms with van der Waals surface area (Å²) in [6.07, 6.45) is 0. The van der Waals surface area contributed by atoms with Gasteiger partial charge in [-0.2, -0.15) is 0 Å². The van der Waals surface area contributed by atoms with Crippen LogP contribution >= 0.6 is 0 Å². The fourth-order valence-corrected chi connectivity index (χ4v) is 4.57. The zero-order valence-electron chi connectivity index (χ0n) is 17.0. The second kappa shape index (κ2) is 6.24. The van der Waals surface area contributed by atoms with Crippen molar-refractivity contribution in [1.82, 2.24) is 0 Å². The first-order valence-corrected chi connectivity index (χ1v) is 10.00. The molecule has 0 aliphatic carbocycles. The van der Waals surface area contributed by atoms with Crippen LogP contribution in [0.15, 0.2) is 60.7 Å². The summed E-state index contributed by atoms with van der Waals surface area (Å²) in [5, 5.41) is 6.27. The molecule has 1 N–H and O–H groups in total. The molecular formula is C27H25N. The van der Waals surface area contributed by atoms with Gasteiger partial charge in [0.25, 0.3) is 0 Å². The van der Waals surface area contributed by atoms with Crippen LogP contribution < -0.4 is 5.32 Å². The fraction of sp³-hybridized carbons (Fsp3) is 0.185. The van der Waals surface area contributed by atoms with E-state index in [2.05, 4.69) is 93.7 Å². The van der Waals surface area contributed by atoms with Crippen molar-refractivity contribution in [2.24, 2.45) is 0 Å². The Morgan fingerprint density at radius 1 is 0.643 bits per heavy atom. The number of fused-ring (bicyclic) bond motifs is 4. The number of nitrogens with one attached hydrogen (secondary N) is 1. The van der Waals surface area contributed by atoms with Crippen molar-refractivity contribution in [3.8, 4) is 22.3 Å². The van der Waals surface area contributed by atoms with E-state index in [0.29, 0.717) is 0 Å². The van der Waals surface area contributed by atoms with E-state index in [0.717, 1.165) is 6.54 Å². The molecule has 1 aliphatic rings. The first-order valence-electron chi connectivity index (χ1n) is 10.00. The highest BCUT2D eigenvalue weighted by Crippen LogP contribution is 2.42. The fourth-order valence-electron chi connectivity index (χ4n) is 4.57. The van der Waals surface area contributed by atoms with Crippen LogP contribution in [0.25, 0.3) is 33.0 Å². The van der Waals surface area contributed by atoms with Crippen LogP contribution in [0.3, 0.4) is 0 Å². The molecule has 0 aromatic heterocycles. The summed E-state index contributed by atoms with van der Waals surface area (Å²) in [5.74, 6) is 0. The van der Waals surface area contributed by atoms with E-state index in [9.17, 15) is 0 Å². The van der Waals surface area contributed by atoms with E-state index >= 15 is 0 Å². The van der Waals surface area contributed by atoms with E-state index in [4.69, 9.17) is 0 Å². The van der Waals surface area contributed by atoms with Crippen LogP contribution in [0.2, 0.25) is 0 Å². The molecule has 1 aliphatic heterocycles. The largest absolute Gasteiger partial charge is 0.380 e. The minimum atomic E-state index is 0.898. The summed E-state index contributed by atoms with van der Waals surface area (Å²) in [7, 11) is 0. The van der Waals surface area contributed by atoms with E-state index < -0.39 is 0 Å². The number of hydrogen-bond acceptors (Lipinski definition) is 1. The molecule has 0 atom stereocenters. The van der Waals surface area contributed by atoms with Crippen LogP contribution in [-0.4, -0.2) is 0 Å². The minimum absolute atomic E-state index is 0.898. The van der Waals surface area contributed by atoms with Gasteiger partial charge in [-0.25, -0.2) is 0 Å². The van der Waals surface area contributed by atoms with Gasteiger partial charge >= 0.3 is 0 Å². The van der Waals surface area contributed by atoms with Crippen molar-refractivity contribution in [2.75, 3.05) is 5.32 Å². The second-order valence-electron chi connectivity index (χ2n) is 8.21. The molecule has 1 nitrogen and oxygen atoms in total. The molecule has 138 valence electrons. The van der Waals surface area contributed by atoms with Crippen LogP contribution in [0.4, 0.5) is 5.69 Å². The topological polar surface area (TPSA) is 12.0 Å². The summed E-state index contributed by atoms with van der Waals surface area (Å²) in [6, 6.07) is 22.8. The van der Waals surface area contributed by atoms with Gasteiger partial charge in [-0.05, 0) is 84.0 Å². The lowest BCUT2D eigenvalue weighted by Crippen LogP contribution is -2.09. The monoisotopic (exact) mass is 363 g/mol. The van der Waals surface area contributed by atoms with E-state index in [1.54, 1.807) is 0 Å². The van der Waals surface area contributed by atoms with E-state index in [1.165, 1.54) is 66.5 Å². The second-order valence-corrected chi connectivity index (χ2v) is 8.21. The van der Waals surface area contributed by atoms with Crippen molar-refractivity contribution in [3.63, 3.8) is 0 Å². The average Bonchev–Trinajstić information content (AvgIpc) is 2.67. The molecule has 0 spiro atoms. The van der Waals surface area contributed by atoms with Gasteiger partial charge < -0.3 is 5.32 Å². The third-order valence-electron chi connectivity index (χ3n) is 6.04. The van der Waals surface area contributed by atoms with Crippen LogP contribution in [-0.2, 0) is 6.54 Å². The third-order valence-corrected chi connectivity index (χ3v) is 6.04. The van der Waals surface area contributed by atoms with Crippen LogP contribution in [0.5, 0.6) is 0 Å². The quantitative estimate of drug-likeness (QED) is 0.373. The Kier molecular flexibility index (Phi) is 3.80. The Morgan fingerprint density at radius 3 is 2.25 bits per heavy atom. The highest BCUT2D eigenvalue weighted by molar-refractivity contribution is 6.01. The molecule has 0 radical (unpaired) electrons. The first kappa shape index (κ1) is 17.1. The molecule has 4 aromatic rings. The standard InChI is InChI=1S/C27H25N/c1-16-6-10-22-21(11-16)15-28-26-13-19(4)23(14-25(22)26)27-18(3)7-9-20-8-5-17(2)12-24(20)27/h5-14,28H,15H2,1-4H3. The molecule has 28 heavy (non-hydrogen) atoms. The lowest BCUT2D eigenvalue weighted by Gasteiger charge is -2.25. The maximum absolute atomic E-state index is 3.63. The van der Waals surface area contributed by atoms with Gasteiger partial charge in [0.15, 0.2) is 0 Å². The van der Waals surface area contributed by atoms with Crippen molar-refractivity contribution in [3.05, 3.63) is 88.5 Å². The van der Waals surface area contributed by atoms with Gasteiger partial charge in [0.05, 0.1) is 0 Å². The predicted molar refractivity (Wildman–Crippen MR) is 121 cm³/mol. The molecule has 0 saturated heterocycles. The van der Waals surface area contributed by atoms with Crippen molar-refractivity contribution < 1.29 is 0 Å². The van der Waals surface area contributed by atoms with Gasteiger partial charge in [0.2, 0.25) is 0 Å². The van der Waals surface area contributed by atoms with Crippen LogP contribution in [0, 0.1) is 27.7 Å². The Labute approximate surface area is 167 Å². The zero-order valence-corrected chi connectivity index (χ0v) is 17.0. The summed E-state index contributed by atoms with van der Waals surface area (Å²) < 4.78 is 0. The number of hydrogen-bond donors (Lipinski definition) is 1. The number of anilines is 1. The Morgan fingerprint density at radius 2 is 1.39 bits per heavy atom. The Bertz CT molecular complexity index is 1240. The number of benzene rings is 4. The van der Waals surface area contributed by atoms with E-state index in [-0.39, 0.29) is 0 Å². The number of rotatable bonds is 1. The molecule has 4 aromatic carbocycles. The van der Waals surface area contributed by atoms with Gasteiger partial charge in [0, 0.05) is 17.8 Å². The molecule has 1 heterocycles. The summed E-state index contributed by atoms with van der Waals surface area (Å²) in [6.45, 7) is 9.70. The van der Waals surface area contributed by atoms with Gasteiger partial charge in [-0.15, -0.1) is 0 Å². The molecular weight excluding hydrogens is 338 g/mol. The molecule has 0 fully saturated rings. The average molecular weight is 364 g/mol. The Balaban J connectivity index is 1.81. The van der Waals surface area contributed by atoms with Gasteiger partial charge in [-0.1, -0.05) is 59.7 Å². The summed E-state index contributed by atoms with van der Waals surface area (Å²) in [5.41, 5.74) is 13.3. The molecule has 1 heteroatoms. The molecule has 0 amide bonds. The third kappa shape index (κ3) is 2.62. The van der Waals surface area contributed by atoms with Gasteiger partial charge in [-0.3, -0.25) is 0 Å². The predicted octanol–water partition coefficient (Wildman–Crippen LogP) is 7.33. The van der Waals surface area contributed by atoms with Crippen molar-refractivity contribution in [2.45, 2.75) is 34.2 Å². The molecule has 0 unspecified atom stereocenters. The molecule has 0 saturated carbocycles. The zero-order chi connectivity index (χ0) is 19.4. The summed E-state index contributed by atoms with van der Waals surface area (Å²) >= 11 is 0. The highest BCUT2D eigenvalue weighted by Gasteiger charge is 2.19. The number of aryl methyl sites for hydroxylation is 4. The molecule has 0 bridgehead atoms. The first-order chi connectivity index (χ1) is 13.5. The maximum Gasteiger partial charge on any atom is 0.0425 e. The lowest BCUT2D eigenvalue weighted by atomic mass is 9.86. The highest BCUT2D eigenvalue weighted by atomic mass is 14.9. The Hall–Kier alpha value is -3.06.